The van der Waals surface area contributed by atoms with Gasteiger partial charge < -0.3 is 10.4 Å². The number of aromatic nitrogens is 2. The zero-order valence-corrected chi connectivity index (χ0v) is 15.2. The van der Waals surface area contributed by atoms with Crippen molar-refractivity contribution in [3.8, 4) is 0 Å². The predicted octanol–water partition coefficient (Wildman–Crippen LogP) is 1.23. The third-order valence-corrected chi connectivity index (χ3v) is 4.30. The zero-order valence-electron chi connectivity index (χ0n) is 15.2. The summed E-state index contributed by atoms with van der Waals surface area (Å²) in [6.45, 7) is 5.92. The molecule has 2 amide bonds. The average molecular weight is 350 g/mol. The molecule has 2 rings (SSSR count). The SMILES string of the molecule is Cc1cc(N2CCC[C@@H](NC(=O)CC(C)(C)CC(=O)O)C2=O)n(C)n1. The normalized spacial score (nSPS) is 18.3. The van der Waals surface area contributed by atoms with Gasteiger partial charge in [-0.25, -0.2) is 0 Å². The van der Waals surface area contributed by atoms with Gasteiger partial charge in [-0.3, -0.25) is 24.0 Å². The Morgan fingerprint density at radius 1 is 1.40 bits per heavy atom. The van der Waals surface area contributed by atoms with E-state index in [2.05, 4.69) is 10.4 Å². The van der Waals surface area contributed by atoms with Gasteiger partial charge in [0.25, 0.3) is 5.91 Å². The first-order chi connectivity index (χ1) is 11.6. The Bertz CT molecular complexity index is 680. The van der Waals surface area contributed by atoms with E-state index in [1.54, 1.807) is 30.5 Å². The van der Waals surface area contributed by atoms with Gasteiger partial charge in [0.05, 0.1) is 12.1 Å². The second kappa shape index (κ2) is 7.25. The van der Waals surface area contributed by atoms with Crippen molar-refractivity contribution < 1.29 is 19.5 Å². The van der Waals surface area contributed by atoms with Gasteiger partial charge >= 0.3 is 5.97 Å². The van der Waals surface area contributed by atoms with Crippen LogP contribution < -0.4 is 10.2 Å². The van der Waals surface area contributed by atoms with E-state index >= 15 is 0 Å². The van der Waals surface area contributed by atoms with Crippen LogP contribution in [-0.2, 0) is 21.4 Å². The molecule has 8 nitrogen and oxygen atoms in total. The fraction of sp³-hybridized carbons (Fsp3) is 0.647. The van der Waals surface area contributed by atoms with Crippen LogP contribution in [0.2, 0.25) is 0 Å². The maximum absolute atomic E-state index is 12.7. The molecule has 0 bridgehead atoms. The smallest absolute Gasteiger partial charge is 0.303 e. The van der Waals surface area contributed by atoms with Gasteiger partial charge in [-0.1, -0.05) is 13.8 Å². The largest absolute Gasteiger partial charge is 0.481 e. The molecule has 138 valence electrons. The maximum atomic E-state index is 12.7. The maximum Gasteiger partial charge on any atom is 0.303 e. The number of nitrogens with zero attached hydrogens (tertiary/aromatic N) is 3. The number of amides is 2. The highest BCUT2D eigenvalue weighted by Gasteiger charge is 2.33. The van der Waals surface area contributed by atoms with Crippen molar-refractivity contribution in [1.29, 1.82) is 0 Å². The minimum atomic E-state index is -0.940. The van der Waals surface area contributed by atoms with Crippen LogP contribution in [0.25, 0.3) is 0 Å². The molecule has 1 aromatic rings. The molecule has 8 heteroatoms. The lowest BCUT2D eigenvalue weighted by molar-refractivity contribution is -0.140. The summed E-state index contributed by atoms with van der Waals surface area (Å²) < 4.78 is 1.66. The monoisotopic (exact) mass is 350 g/mol. The van der Waals surface area contributed by atoms with Gasteiger partial charge in [-0.15, -0.1) is 0 Å². The molecule has 1 aliphatic heterocycles. The molecule has 1 fully saturated rings. The molecule has 1 atom stereocenters. The minimum absolute atomic E-state index is 0.0634. The Labute approximate surface area is 147 Å². The number of carbonyl (C=O) groups excluding carboxylic acids is 2. The van der Waals surface area contributed by atoms with E-state index in [1.165, 1.54) is 0 Å². The number of aryl methyl sites for hydroxylation is 2. The summed E-state index contributed by atoms with van der Waals surface area (Å²) >= 11 is 0. The molecule has 0 saturated carbocycles. The second-order valence-electron chi connectivity index (χ2n) is 7.43. The first-order valence-corrected chi connectivity index (χ1v) is 8.42. The number of hydrogen-bond acceptors (Lipinski definition) is 4. The molecular formula is C17H26N4O4. The first-order valence-electron chi connectivity index (χ1n) is 8.42. The first kappa shape index (κ1) is 19.0. The van der Waals surface area contributed by atoms with Crippen LogP contribution in [0.15, 0.2) is 6.07 Å². The molecule has 1 saturated heterocycles. The highest BCUT2D eigenvalue weighted by atomic mass is 16.4. The highest BCUT2D eigenvalue weighted by molar-refractivity contribution is 5.99. The Morgan fingerprint density at radius 2 is 2.08 bits per heavy atom. The van der Waals surface area contributed by atoms with Gasteiger partial charge in [0.2, 0.25) is 5.91 Å². The summed E-state index contributed by atoms with van der Waals surface area (Å²) in [5, 5.41) is 15.9. The number of piperidine rings is 1. The number of rotatable bonds is 6. The molecule has 0 aliphatic carbocycles. The van der Waals surface area contributed by atoms with E-state index in [-0.39, 0.29) is 24.7 Å². The number of carbonyl (C=O) groups is 3. The van der Waals surface area contributed by atoms with Crippen LogP contribution in [-0.4, -0.2) is 45.3 Å². The Kier molecular flexibility index (Phi) is 5.49. The standard InChI is InChI=1S/C17H26N4O4/c1-11-8-14(20(4)19-11)21-7-5-6-12(16(21)25)18-13(22)9-17(2,3)10-15(23)24/h8,12H,5-7,9-10H2,1-4H3,(H,18,22)(H,23,24)/t12-/m1/s1. The highest BCUT2D eigenvalue weighted by Crippen LogP contribution is 2.26. The van der Waals surface area contributed by atoms with Crippen molar-refractivity contribution in [3.63, 3.8) is 0 Å². The van der Waals surface area contributed by atoms with E-state index < -0.39 is 17.4 Å². The molecule has 2 N–H and O–H groups in total. The van der Waals surface area contributed by atoms with Gasteiger partial charge in [0.1, 0.15) is 11.9 Å². The summed E-state index contributed by atoms with van der Waals surface area (Å²) in [6, 6.07) is 1.26. The number of aliphatic carboxylic acids is 1. The number of carboxylic acids is 1. The third kappa shape index (κ3) is 4.80. The predicted molar refractivity (Wildman–Crippen MR) is 92.1 cm³/mol. The fourth-order valence-electron chi connectivity index (χ4n) is 3.24. The topological polar surface area (TPSA) is 105 Å². The molecule has 0 unspecified atom stereocenters. The number of nitrogens with one attached hydrogen (secondary N) is 1. The van der Waals surface area contributed by atoms with Crippen molar-refractivity contribution in [3.05, 3.63) is 11.8 Å². The molecule has 2 heterocycles. The summed E-state index contributed by atoms with van der Waals surface area (Å²) in [4.78, 5) is 37.5. The Morgan fingerprint density at radius 3 is 2.64 bits per heavy atom. The molecule has 1 aliphatic rings. The van der Waals surface area contributed by atoms with E-state index in [0.29, 0.717) is 18.8 Å². The summed E-state index contributed by atoms with van der Waals surface area (Å²) in [5.41, 5.74) is 0.166. The van der Waals surface area contributed by atoms with Crippen molar-refractivity contribution in [2.24, 2.45) is 12.5 Å². The Balaban J connectivity index is 2.02. The number of anilines is 1. The van der Waals surface area contributed by atoms with Crippen molar-refractivity contribution in [1.82, 2.24) is 15.1 Å². The van der Waals surface area contributed by atoms with E-state index in [9.17, 15) is 14.4 Å². The van der Waals surface area contributed by atoms with Crippen LogP contribution >= 0.6 is 0 Å². The lowest BCUT2D eigenvalue weighted by Gasteiger charge is -2.33. The average Bonchev–Trinajstić information content (AvgIpc) is 2.77. The summed E-state index contributed by atoms with van der Waals surface area (Å²) in [5.74, 6) is -0.678. The van der Waals surface area contributed by atoms with Crippen LogP contribution in [0.5, 0.6) is 0 Å². The number of carboxylic acid groups (broad SMARTS) is 1. The van der Waals surface area contributed by atoms with Gasteiger partial charge in [-0.2, -0.15) is 5.10 Å². The molecule has 25 heavy (non-hydrogen) atoms. The van der Waals surface area contributed by atoms with Gasteiger partial charge in [-0.05, 0) is 25.2 Å². The second-order valence-corrected chi connectivity index (χ2v) is 7.43. The molecule has 0 radical (unpaired) electrons. The third-order valence-electron chi connectivity index (χ3n) is 4.30. The lowest BCUT2D eigenvalue weighted by atomic mass is 9.85. The quantitative estimate of drug-likeness (QED) is 0.803. The van der Waals surface area contributed by atoms with Gasteiger partial charge in [0, 0.05) is 26.1 Å². The van der Waals surface area contributed by atoms with E-state index in [0.717, 1.165) is 12.1 Å². The van der Waals surface area contributed by atoms with Crippen LogP contribution in [0, 0.1) is 12.3 Å². The zero-order chi connectivity index (χ0) is 18.8. The minimum Gasteiger partial charge on any atom is -0.481 e. The lowest BCUT2D eigenvalue weighted by Crippen LogP contribution is -2.53. The van der Waals surface area contributed by atoms with E-state index in [4.69, 9.17) is 5.11 Å². The molecule has 0 aromatic carbocycles. The van der Waals surface area contributed by atoms with Crippen molar-refractivity contribution in [2.75, 3.05) is 11.4 Å². The molecule has 1 aromatic heterocycles. The number of hydrogen-bond donors (Lipinski definition) is 2. The summed E-state index contributed by atoms with van der Waals surface area (Å²) in [7, 11) is 1.78. The fourth-order valence-corrected chi connectivity index (χ4v) is 3.24. The van der Waals surface area contributed by atoms with Crippen LogP contribution in [0.1, 0.15) is 45.2 Å². The Hall–Kier alpha value is -2.38. The van der Waals surface area contributed by atoms with Crippen molar-refractivity contribution in [2.45, 2.75) is 52.5 Å². The van der Waals surface area contributed by atoms with Gasteiger partial charge in [0.15, 0.2) is 0 Å². The van der Waals surface area contributed by atoms with Crippen LogP contribution in [0.3, 0.4) is 0 Å². The van der Waals surface area contributed by atoms with E-state index in [1.807, 2.05) is 13.0 Å². The van der Waals surface area contributed by atoms with Crippen molar-refractivity contribution >= 4 is 23.6 Å². The van der Waals surface area contributed by atoms with Crippen LogP contribution in [0.4, 0.5) is 5.82 Å². The molecule has 0 spiro atoms. The summed E-state index contributed by atoms with van der Waals surface area (Å²) in [6.07, 6.45) is 1.32. The molecular weight excluding hydrogens is 324 g/mol.